The van der Waals surface area contributed by atoms with Gasteiger partial charge in [0.05, 0.1) is 5.69 Å². The Bertz CT molecular complexity index is 976. The Morgan fingerprint density at radius 1 is 1.04 bits per heavy atom. The van der Waals surface area contributed by atoms with Crippen LogP contribution in [0.2, 0.25) is 0 Å². The third kappa shape index (κ3) is 3.19. The van der Waals surface area contributed by atoms with Crippen LogP contribution < -0.4 is 20.5 Å². The minimum absolute atomic E-state index is 0.0478. The lowest BCUT2D eigenvalue weighted by atomic mass is 10.2. The summed E-state index contributed by atoms with van der Waals surface area (Å²) in [6, 6.07) is 7.05. The van der Waals surface area contributed by atoms with Crippen molar-refractivity contribution >= 4 is 21.5 Å². The van der Waals surface area contributed by atoms with Gasteiger partial charge < -0.3 is 14.4 Å². The summed E-state index contributed by atoms with van der Waals surface area (Å²) >= 11 is 0. The number of nitrogens with two attached hydrogens (primary N) is 1. The van der Waals surface area contributed by atoms with Gasteiger partial charge in [-0.25, -0.2) is 18.5 Å². The van der Waals surface area contributed by atoms with E-state index in [0.29, 0.717) is 43.7 Å². The molecule has 1 aliphatic heterocycles. The molecule has 1 saturated carbocycles. The molecule has 1 aromatic carbocycles. The monoisotopic (exact) mass is 375 g/mol. The Morgan fingerprint density at radius 3 is 2.35 bits per heavy atom. The van der Waals surface area contributed by atoms with Gasteiger partial charge in [-0.15, -0.1) is 0 Å². The van der Waals surface area contributed by atoms with E-state index in [1.807, 2.05) is 9.80 Å². The average molecular weight is 375 g/mol. The first kappa shape index (κ1) is 17.0. The Kier molecular flexibility index (Phi) is 4.20. The molecule has 0 spiro atoms. The highest BCUT2D eigenvalue weighted by Crippen LogP contribution is 2.33. The van der Waals surface area contributed by atoms with Crippen molar-refractivity contribution < 1.29 is 8.42 Å². The smallest absolute Gasteiger partial charge is 0.293 e. The average Bonchev–Trinajstić information content (AvgIpc) is 3.46. The highest BCUT2D eigenvalue weighted by molar-refractivity contribution is 7.89. The van der Waals surface area contributed by atoms with Gasteiger partial charge in [0.1, 0.15) is 4.90 Å². The van der Waals surface area contributed by atoms with E-state index in [4.69, 9.17) is 5.14 Å². The minimum atomic E-state index is -3.78. The molecule has 9 heteroatoms. The lowest BCUT2D eigenvalue weighted by Gasteiger charge is -2.37. The molecule has 26 heavy (non-hydrogen) atoms. The number of sulfonamides is 1. The summed E-state index contributed by atoms with van der Waals surface area (Å²) in [5.74, 6) is 0.471. The fourth-order valence-electron chi connectivity index (χ4n) is 3.39. The zero-order valence-corrected chi connectivity index (χ0v) is 15.1. The van der Waals surface area contributed by atoms with Crippen LogP contribution in [0.4, 0.5) is 11.5 Å². The summed E-state index contributed by atoms with van der Waals surface area (Å²) in [6.07, 6.45) is 5.52. The number of para-hydroxylation sites is 1. The standard InChI is InChI=1S/C17H21N5O3S/c18-26(24,25)15-4-2-1-3-14(15)20-9-11-21(12-10-20)16-17(23)22(8-7-19-16)13-5-6-13/h1-4,7-8,13H,5-6,9-12H2,(H2,18,24,25). The Morgan fingerprint density at radius 2 is 1.69 bits per heavy atom. The zero-order valence-electron chi connectivity index (χ0n) is 14.3. The van der Waals surface area contributed by atoms with E-state index in [9.17, 15) is 13.2 Å². The second-order valence-corrected chi connectivity index (χ2v) is 8.21. The summed E-state index contributed by atoms with van der Waals surface area (Å²) in [5, 5.41) is 5.33. The molecule has 1 aromatic heterocycles. The Hall–Kier alpha value is -2.39. The van der Waals surface area contributed by atoms with E-state index >= 15 is 0 Å². The number of rotatable bonds is 4. The molecule has 138 valence electrons. The second kappa shape index (κ2) is 6.40. The van der Waals surface area contributed by atoms with Gasteiger partial charge in [-0.3, -0.25) is 4.79 Å². The molecule has 0 amide bonds. The van der Waals surface area contributed by atoms with E-state index < -0.39 is 10.0 Å². The summed E-state index contributed by atoms with van der Waals surface area (Å²) in [5.41, 5.74) is 0.555. The van der Waals surface area contributed by atoms with Crippen LogP contribution in [-0.2, 0) is 10.0 Å². The van der Waals surface area contributed by atoms with Crippen LogP contribution >= 0.6 is 0 Å². The molecular weight excluding hydrogens is 354 g/mol. The highest BCUT2D eigenvalue weighted by Gasteiger charge is 2.28. The van der Waals surface area contributed by atoms with Crippen LogP contribution in [0.1, 0.15) is 18.9 Å². The Balaban J connectivity index is 1.54. The van der Waals surface area contributed by atoms with E-state index in [-0.39, 0.29) is 10.5 Å². The first-order valence-electron chi connectivity index (χ1n) is 8.64. The molecular formula is C17H21N5O3S. The van der Waals surface area contributed by atoms with Crippen molar-refractivity contribution in [3.8, 4) is 0 Å². The summed E-state index contributed by atoms with van der Waals surface area (Å²) in [6.45, 7) is 2.36. The van der Waals surface area contributed by atoms with E-state index in [0.717, 1.165) is 12.8 Å². The van der Waals surface area contributed by atoms with Crippen molar-refractivity contribution in [2.45, 2.75) is 23.8 Å². The number of anilines is 2. The number of benzene rings is 1. The largest absolute Gasteiger partial charge is 0.367 e. The van der Waals surface area contributed by atoms with Gasteiger partial charge >= 0.3 is 0 Å². The highest BCUT2D eigenvalue weighted by atomic mass is 32.2. The summed E-state index contributed by atoms with van der Waals surface area (Å²) in [7, 11) is -3.78. The SMILES string of the molecule is NS(=O)(=O)c1ccccc1N1CCN(c2nccn(C3CC3)c2=O)CC1. The first-order valence-corrected chi connectivity index (χ1v) is 10.2. The van der Waals surface area contributed by atoms with Crippen LogP contribution in [-0.4, -0.2) is 44.1 Å². The number of hydrogen-bond acceptors (Lipinski definition) is 6. The molecule has 2 heterocycles. The van der Waals surface area contributed by atoms with Crippen molar-refractivity contribution in [1.82, 2.24) is 9.55 Å². The van der Waals surface area contributed by atoms with Crippen LogP contribution in [0.15, 0.2) is 46.3 Å². The lowest BCUT2D eigenvalue weighted by Crippen LogP contribution is -2.49. The van der Waals surface area contributed by atoms with Crippen molar-refractivity contribution in [1.29, 1.82) is 0 Å². The number of primary sulfonamides is 1. The van der Waals surface area contributed by atoms with Gasteiger partial charge in [0.15, 0.2) is 5.82 Å². The van der Waals surface area contributed by atoms with Gasteiger partial charge in [-0.1, -0.05) is 12.1 Å². The van der Waals surface area contributed by atoms with Gasteiger partial charge in [-0.05, 0) is 25.0 Å². The van der Waals surface area contributed by atoms with E-state index in [1.165, 1.54) is 6.07 Å². The summed E-state index contributed by atoms with van der Waals surface area (Å²) < 4.78 is 25.4. The van der Waals surface area contributed by atoms with Gasteiger partial charge in [0, 0.05) is 44.6 Å². The molecule has 1 aliphatic carbocycles. The van der Waals surface area contributed by atoms with Crippen LogP contribution in [0.3, 0.4) is 0 Å². The molecule has 4 rings (SSSR count). The van der Waals surface area contributed by atoms with Crippen molar-refractivity contribution in [3.63, 3.8) is 0 Å². The molecule has 8 nitrogen and oxygen atoms in total. The van der Waals surface area contributed by atoms with E-state index in [2.05, 4.69) is 4.98 Å². The quantitative estimate of drug-likeness (QED) is 0.837. The third-order valence-electron chi connectivity index (χ3n) is 4.88. The van der Waals surface area contributed by atoms with Crippen molar-refractivity contribution in [3.05, 3.63) is 47.0 Å². The molecule has 1 saturated heterocycles. The van der Waals surface area contributed by atoms with Crippen molar-refractivity contribution in [2.24, 2.45) is 5.14 Å². The van der Waals surface area contributed by atoms with Crippen molar-refractivity contribution in [2.75, 3.05) is 36.0 Å². The maximum absolute atomic E-state index is 12.6. The molecule has 0 atom stereocenters. The van der Waals surface area contributed by atoms with Crippen LogP contribution in [0, 0.1) is 0 Å². The molecule has 2 N–H and O–H groups in total. The van der Waals surface area contributed by atoms with Gasteiger partial charge in [0.2, 0.25) is 10.0 Å². The lowest BCUT2D eigenvalue weighted by molar-refractivity contribution is 0.595. The molecule has 0 radical (unpaired) electrons. The minimum Gasteiger partial charge on any atom is -0.367 e. The zero-order chi connectivity index (χ0) is 18.3. The maximum Gasteiger partial charge on any atom is 0.293 e. The predicted molar refractivity (Wildman–Crippen MR) is 99.0 cm³/mol. The fourth-order valence-corrected chi connectivity index (χ4v) is 4.15. The third-order valence-corrected chi connectivity index (χ3v) is 5.84. The van der Waals surface area contributed by atoms with Gasteiger partial charge in [0.25, 0.3) is 5.56 Å². The normalized spacial score (nSPS) is 18.2. The number of hydrogen-bond donors (Lipinski definition) is 1. The molecule has 2 aromatic rings. The predicted octanol–water partition coefficient (Wildman–Crippen LogP) is 0.552. The molecule has 0 bridgehead atoms. The Labute approximate surface area is 151 Å². The second-order valence-electron chi connectivity index (χ2n) is 6.68. The molecule has 2 fully saturated rings. The molecule has 0 unspecified atom stereocenters. The number of aromatic nitrogens is 2. The van der Waals surface area contributed by atoms with Crippen LogP contribution in [0.5, 0.6) is 0 Å². The molecule has 2 aliphatic rings. The fraction of sp³-hybridized carbons (Fsp3) is 0.412. The first-order chi connectivity index (χ1) is 12.4. The van der Waals surface area contributed by atoms with Gasteiger partial charge in [-0.2, -0.15) is 0 Å². The van der Waals surface area contributed by atoms with E-state index in [1.54, 1.807) is 35.2 Å². The summed E-state index contributed by atoms with van der Waals surface area (Å²) in [4.78, 5) is 21.0. The topological polar surface area (TPSA) is 102 Å². The van der Waals surface area contributed by atoms with Crippen LogP contribution in [0.25, 0.3) is 0 Å². The maximum atomic E-state index is 12.6. The number of nitrogens with zero attached hydrogens (tertiary/aromatic N) is 4. The number of piperazine rings is 1.